The van der Waals surface area contributed by atoms with Gasteiger partial charge < -0.3 is 14.7 Å². The van der Waals surface area contributed by atoms with E-state index in [4.69, 9.17) is 16.3 Å². The van der Waals surface area contributed by atoms with Crippen molar-refractivity contribution in [1.29, 1.82) is 0 Å². The Labute approximate surface area is 209 Å². The molecule has 3 aromatic carbocycles. The molecule has 0 saturated carbocycles. The monoisotopic (exact) mass is 487 g/mol. The number of aromatic amines is 1. The van der Waals surface area contributed by atoms with Gasteiger partial charge in [-0.2, -0.15) is 5.10 Å². The second-order valence-corrected chi connectivity index (χ2v) is 9.30. The van der Waals surface area contributed by atoms with E-state index in [1.807, 2.05) is 67.3 Å². The highest BCUT2D eigenvalue weighted by atomic mass is 35.5. The van der Waals surface area contributed by atoms with E-state index in [1.54, 1.807) is 19.2 Å². The van der Waals surface area contributed by atoms with Gasteiger partial charge >= 0.3 is 0 Å². The number of H-pyrrole nitrogens is 1. The van der Waals surface area contributed by atoms with Crippen LogP contribution in [0.15, 0.2) is 60.7 Å². The first kappa shape index (κ1) is 23.0. The first-order chi connectivity index (χ1) is 16.9. The van der Waals surface area contributed by atoms with Crippen LogP contribution in [-0.2, 0) is 6.42 Å². The van der Waals surface area contributed by atoms with E-state index in [0.717, 1.165) is 33.6 Å². The van der Waals surface area contributed by atoms with E-state index in [2.05, 4.69) is 10.2 Å². The van der Waals surface area contributed by atoms with Crippen molar-refractivity contribution < 1.29 is 14.6 Å². The summed E-state index contributed by atoms with van der Waals surface area (Å²) in [6.45, 7) is 4.39. The fourth-order valence-corrected chi connectivity index (χ4v) is 4.79. The molecule has 1 amide bonds. The lowest BCUT2D eigenvalue weighted by atomic mass is 9.94. The Balaban J connectivity index is 1.57. The number of benzene rings is 3. The molecular formula is C28H26ClN3O3. The molecule has 178 valence electrons. The van der Waals surface area contributed by atoms with Crippen LogP contribution in [0.25, 0.3) is 11.3 Å². The van der Waals surface area contributed by atoms with E-state index in [9.17, 15) is 9.90 Å². The average Bonchev–Trinajstić information content (AvgIpc) is 3.40. The highest BCUT2D eigenvalue weighted by Crippen LogP contribution is 2.45. The Hall–Kier alpha value is -3.77. The Morgan fingerprint density at radius 3 is 2.49 bits per heavy atom. The number of rotatable bonds is 6. The zero-order valence-corrected chi connectivity index (χ0v) is 20.6. The van der Waals surface area contributed by atoms with Crippen molar-refractivity contribution in [3.05, 3.63) is 99.2 Å². The number of aromatic hydroxyl groups is 1. The van der Waals surface area contributed by atoms with E-state index in [1.165, 1.54) is 0 Å². The van der Waals surface area contributed by atoms with Gasteiger partial charge in [0.2, 0.25) is 0 Å². The summed E-state index contributed by atoms with van der Waals surface area (Å²) >= 11 is 6.39. The number of phenols is 1. The Morgan fingerprint density at radius 1 is 1.09 bits per heavy atom. The van der Waals surface area contributed by atoms with Crippen LogP contribution in [0.3, 0.4) is 0 Å². The molecule has 0 unspecified atom stereocenters. The minimum absolute atomic E-state index is 0.0768. The summed E-state index contributed by atoms with van der Waals surface area (Å²) in [7, 11) is 1.64. The highest BCUT2D eigenvalue weighted by Gasteiger charge is 2.42. The topological polar surface area (TPSA) is 78.5 Å². The molecular weight excluding hydrogens is 462 g/mol. The SMILES string of the molecule is COc1ccc(CCN2C(=O)c3[nH]nc(-c4cc(Cl)c(C)cc4O)c3[C@H]2c2ccc(C)cc2)cc1. The number of ether oxygens (including phenoxy) is 1. The number of phenolic OH excluding ortho intramolecular Hbond substituents is 1. The normalized spacial score (nSPS) is 14.9. The highest BCUT2D eigenvalue weighted by molar-refractivity contribution is 6.31. The Bertz CT molecular complexity index is 1390. The molecule has 1 atom stereocenters. The van der Waals surface area contributed by atoms with Crippen molar-refractivity contribution in [1.82, 2.24) is 15.1 Å². The quantitative estimate of drug-likeness (QED) is 0.357. The zero-order chi connectivity index (χ0) is 24.7. The lowest BCUT2D eigenvalue weighted by Gasteiger charge is -2.26. The maximum absolute atomic E-state index is 13.6. The number of fused-ring (bicyclic) bond motifs is 1. The summed E-state index contributed by atoms with van der Waals surface area (Å²) in [6, 6.07) is 19.0. The van der Waals surface area contributed by atoms with Crippen LogP contribution in [-0.4, -0.2) is 39.8 Å². The third kappa shape index (κ3) is 4.15. The number of amides is 1. The van der Waals surface area contributed by atoms with E-state index < -0.39 is 0 Å². The number of methoxy groups -OCH3 is 1. The van der Waals surface area contributed by atoms with Crippen molar-refractivity contribution in [2.45, 2.75) is 26.3 Å². The number of carbonyl (C=O) groups excluding carboxylic acids is 1. The third-order valence-corrected chi connectivity index (χ3v) is 7.00. The Morgan fingerprint density at radius 2 is 1.80 bits per heavy atom. The summed E-state index contributed by atoms with van der Waals surface area (Å²) in [4.78, 5) is 15.4. The Kier molecular flexibility index (Phi) is 5.99. The largest absolute Gasteiger partial charge is 0.507 e. The molecule has 0 bridgehead atoms. The van der Waals surface area contributed by atoms with Crippen LogP contribution in [0.1, 0.15) is 44.3 Å². The molecule has 6 nitrogen and oxygen atoms in total. The molecule has 5 rings (SSSR count). The predicted molar refractivity (Wildman–Crippen MR) is 136 cm³/mol. The zero-order valence-electron chi connectivity index (χ0n) is 19.8. The second kappa shape index (κ2) is 9.12. The number of aryl methyl sites for hydroxylation is 2. The first-order valence-electron chi connectivity index (χ1n) is 11.5. The van der Waals surface area contributed by atoms with Crippen molar-refractivity contribution in [2.24, 2.45) is 0 Å². The fraction of sp³-hybridized carbons (Fsp3) is 0.214. The molecule has 2 heterocycles. The molecule has 4 aromatic rings. The number of nitrogens with one attached hydrogen (secondary N) is 1. The predicted octanol–water partition coefficient (Wildman–Crippen LogP) is 5.85. The van der Waals surface area contributed by atoms with Gasteiger partial charge in [0, 0.05) is 22.7 Å². The van der Waals surface area contributed by atoms with Crippen molar-refractivity contribution in [2.75, 3.05) is 13.7 Å². The third-order valence-electron chi connectivity index (χ3n) is 6.59. The van der Waals surface area contributed by atoms with Gasteiger partial charge in [0.1, 0.15) is 22.9 Å². The molecule has 0 aliphatic carbocycles. The van der Waals surface area contributed by atoms with E-state index in [0.29, 0.717) is 34.9 Å². The van der Waals surface area contributed by atoms with Gasteiger partial charge in [-0.1, -0.05) is 53.6 Å². The number of aromatic nitrogens is 2. The lowest BCUT2D eigenvalue weighted by Crippen LogP contribution is -2.31. The molecule has 0 spiro atoms. The van der Waals surface area contributed by atoms with Crippen LogP contribution < -0.4 is 4.74 Å². The van der Waals surface area contributed by atoms with Crippen LogP contribution in [0.2, 0.25) is 5.02 Å². The maximum Gasteiger partial charge on any atom is 0.273 e. The van der Waals surface area contributed by atoms with Crippen LogP contribution >= 0.6 is 11.6 Å². The molecule has 35 heavy (non-hydrogen) atoms. The maximum atomic E-state index is 13.6. The first-order valence-corrected chi connectivity index (χ1v) is 11.8. The summed E-state index contributed by atoms with van der Waals surface area (Å²) in [5.41, 5.74) is 6.23. The summed E-state index contributed by atoms with van der Waals surface area (Å²) in [5.74, 6) is 0.759. The molecule has 0 saturated heterocycles. The van der Waals surface area contributed by atoms with Gasteiger partial charge in [-0.15, -0.1) is 0 Å². The van der Waals surface area contributed by atoms with E-state index >= 15 is 0 Å². The van der Waals surface area contributed by atoms with Crippen LogP contribution in [0.5, 0.6) is 11.5 Å². The molecule has 1 aliphatic rings. The molecule has 1 aliphatic heterocycles. The van der Waals surface area contributed by atoms with Gasteiger partial charge in [0.25, 0.3) is 5.91 Å². The van der Waals surface area contributed by atoms with Gasteiger partial charge in [0.05, 0.1) is 13.2 Å². The number of halogens is 1. The minimum atomic E-state index is -0.343. The van der Waals surface area contributed by atoms with Crippen molar-refractivity contribution in [3.63, 3.8) is 0 Å². The lowest BCUT2D eigenvalue weighted by molar-refractivity contribution is 0.0746. The van der Waals surface area contributed by atoms with E-state index in [-0.39, 0.29) is 17.7 Å². The van der Waals surface area contributed by atoms with Crippen LogP contribution in [0, 0.1) is 13.8 Å². The molecule has 7 heteroatoms. The van der Waals surface area contributed by atoms with Crippen molar-refractivity contribution >= 4 is 17.5 Å². The summed E-state index contributed by atoms with van der Waals surface area (Å²) in [6.07, 6.45) is 0.687. The number of nitrogens with zero attached hydrogens (tertiary/aromatic N) is 2. The standard InChI is InChI=1S/C28H26ClN3O3/c1-16-4-8-19(9-5-16)27-24-25(21-15-22(29)17(2)14-23(21)33)30-31-26(24)28(34)32(27)13-12-18-6-10-20(35-3)11-7-18/h4-11,14-15,27,33H,12-13H2,1-3H3,(H,30,31)/t27-/m1/s1. The van der Waals surface area contributed by atoms with Gasteiger partial charge in [-0.05, 0) is 61.2 Å². The summed E-state index contributed by atoms with van der Waals surface area (Å²) in [5, 5.41) is 18.6. The second-order valence-electron chi connectivity index (χ2n) is 8.89. The summed E-state index contributed by atoms with van der Waals surface area (Å²) < 4.78 is 5.26. The van der Waals surface area contributed by atoms with Crippen LogP contribution in [0.4, 0.5) is 0 Å². The molecule has 1 aromatic heterocycles. The number of hydrogen-bond acceptors (Lipinski definition) is 4. The smallest absolute Gasteiger partial charge is 0.273 e. The molecule has 2 N–H and O–H groups in total. The average molecular weight is 488 g/mol. The molecule has 0 radical (unpaired) electrons. The number of carbonyl (C=O) groups is 1. The van der Waals surface area contributed by atoms with Gasteiger partial charge in [-0.25, -0.2) is 0 Å². The molecule has 0 fully saturated rings. The van der Waals surface area contributed by atoms with Gasteiger partial charge in [-0.3, -0.25) is 9.89 Å². The fourth-order valence-electron chi connectivity index (χ4n) is 4.63. The number of hydrogen-bond donors (Lipinski definition) is 2. The van der Waals surface area contributed by atoms with Gasteiger partial charge in [0.15, 0.2) is 0 Å². The van der Waals surface area contributed by atoms with Crippen molar-refractivity contribution in [3.8, 4) is 22.8 Å². The minimum Gasteiger partial charge on any atom is -0.507 e.